The van der Waals surface area contributed by atoms with Crippen molar-refractivity contribution in [1.82, 2.24) is 9.55 Å². The van der Waals surface area contributed by atoms with Gasteiger partial charge in [0.25, 0.3) is 0 Å². The van der Waals surface area contributed by atoms with Crippen molar-refractivity contribution in [3.05, 3.63) is 93.8 Å². The van der Waals surface area contributed by atoms with Crippen LogP contribution in [-0.2, 0) is 11.3 Å². The van der Waals surface area contributed by atoms with Crippen LogP contribution >= 0.6 is 15.9 Å². The van der Waals surface area contributed by atoms with E-state index in [1.54, 1.807) is 12.1 Å². The van der Waals surface area contributed by atoms with Crippen LogP contribution in [0.5, 0.6) is 0 Å². The number of aromatic nitrogens is 2. The third-order valence-electron chi connectivity index (χ3n) is 4.35. The minimum atomic E-state index is -0.457. The normalized spacial score (nSPS) is 10.8. The Morgan fingerprint density at radius 1 is 0.964 bits per heavy atom. The van der Waals surface area contributed by atoms with Gasteiger partial charge in [0.1, 0.15) is 6.54 Å². The monoisotopic (exact) mass is 433 g/mol. The second-order valence-electron chi connectivity index (χ2n) is 6.27. The van der Waals surface area contributed by atoms with E-state index >= 15 is 0 Å². The fourth-order valence-corrected chi connectivity index (χ4v) is 3.51. The molecule has 0 unspecified atom stereocenters. The van der Waals surface area contributed by atoms with Gasteiger partial charge in [0, 0.05) is 21.1 Å². The highest BCUT2D eigenvalue weighted by Crippen LogP contribution is 2.25. The number of carbonyl (C=O) groups is 1. The third kappa shape index (κ3) is 3.73. The van der Waals surface area contributed by atoms with E-state index < -0.39 is 5.69 Å². The van der Waals surface area contributed by atoms with Gasteiger partial charge >= 0.3 is 5.69 Å². The van der Waals surface area contributed by atoms with E-state index in [-0.39, 0.29) is 12.5 Å². The summed E-state index contributed by atoms with van der Waals surface area (Å²) in [5.74, 6) is -0.292. The van der Waals surface area contributed by atoms with Gasteiger partial charge in [0.05, 0.1) is 11.2 Å². The average Bonchev–Trinajstić information content (AvgIpc) is 2.70. The maximum atomic E-state index is 12.7. The van der Waals surface area contributed by atoms with Crippen molar-refractivity contribution in [3.8, 4) is 11.3 Å². The number of fused-ring (bicyclic) bond motifs is 1. The first-order chi connectivity index (χ1) is 13.6. The van der Waals surface area contributed by atoms with Crippen LogP contribution < -0.4 is 11.0 Å². The van der Waals surface area contributed by atoms with Crippen molar-refractivity contribution in [2.24, 2.45) is 0 Å². The molecule has 0 aliphatic carbocycles. The molecule has 0 saturated carbocycles. The highest BCUT2D eigenvalue weighted by molar-refractivity contribution is 9.10. The zero-order chi connectivity index (χ0) is 19.5. The molecule has 0 atom stereocenters. The summed E-state index contributed by atoms with van der Waals surface area (Å²) >= 11 is 3.38. The number of halogens is 1. The Morgan fingerprint density at radius 3 is 2.50 bits per heavy atom. The molecule has 5 nitrogen and oxygen atoms in total. The molecule has 1 N–H and O–H groups in total. The number of hydrogen-bond acceptors (Lipinski definition) is 3. The molecular formula is C22H16BrN3O2. The molecule has 1 aromatic heterocycles. The standard InChI is InChI=1S/C22H16BrN3O2/c23-16-9-6-10-17(13-16)24-20(27)14-26-19-12-5-4-11-18(19)21(25-22(26)28)15-7-2-1-3-8-15/h1-13H,14H2,(H,24,27). The number of benzene rings is 3. The first-order valence-corrected chi connectivity index (χ1v) is 9.51. The lowest BCUT2D eigenvalue weighted by molar-refractivity contribution is -0.116. The van der Waals surface area contributed by atoms with Crippen LogP contribution in [0.15, 0.2) is 88.1 Å². The maximum Gasteiger partial charge on any atom is 0.349 e. The molecule has 4 aromatic rings. The molecule has 1 amide bonds. The summed E-state index contributed by atoms with van der Waals surface area (Å²) in [6.45, 7) is -0.117. The molecule has 138 valence electrons. The Kier molecular flexibility index (Phi) is 5.04. The summed E-state index contributed by atoms with van der Waals surface area (Å²) in [6, 6.07) is 24.3. The Balaban J connectivity index is 1.73. The minimum absolute atomic E-state index is 0.117. The van der Waals surface area contributed by atoms with Crippen LogP contribution in [0.2, 0.25) is 0 Å². The van der Waals surface area contributed by atoms with Gasteiger partial charge in [-0.2, -0.15) is 4.98 Å². The molecule has 0 aliphatic rings. The van der Waals surface area contributed by atoms with Gasteiger partial charge in [-0.25, -0.2) is 4.79 Å². The predicted molar refractivity (Wildman–Crippen MR) is 114 cm³/mol. The molecule has 0 spiro atoms. The molecule has 0 bridgehead atoms. The van der Waals surface area contributed by atoms with Crippen molar-refractivity contribution < 1.29 is 4.79 Å². The number of anilines is 1. The molecule has 0 radical (unpaired) electrons. The second kappa shape index (κ2) is 7.78. The lowest BCUT2D eigenvalue weighted by Crippen LogP contribution is -2.30. The number of nitrogens with one attached hydrogen (secondary N) is 1. The summed E-state index contributed by atoms with van der Waals surface area (Å²) in [4.78, 5) is 29.5. The molecular weight excluding hydrogens is 418 g/mol. The van der Waals surface area contributed by atoms with Crippen molar-refractivity contribution in [3.63, 3.8) is 0 Å². The Hall–Kier alpha value is -3.25. The van der Waals surface area contributed by atoms with E-state index in [9.17, 15) is 9.59 Å². The highest BCUT2D eigenvalue weighted by Gasteiger charge is 2.14. The molecule has 6 heteroatoms. The van der Waals surface area contributed by atoms with Crippen LogP contribution in [0.1, 0.15) is 0 Å². The van der Waals surface area contributed by atoms with Gasteiger partial charge in [0.2, 0.25) is 5.91 Å². The topological polar surface area (TPSA) is 64.0 Å². The van der Waals surface area contributed by atoms with E-state index in [0.717, 1.165) is 15.4 Å². The Morgan fingerprint density at radius 2 is 1.71 bits per heavy atom. The minimum Gasteiger partial charge on any atom is -0.324 e. The Labute approximate surface area is 169 Å². The summed E-state index contributed by atoms with van der Waals surface area (Å²) in [5.41, 5.74) is 2.35. The molecule has 1 heterocycles. The van der Waals surface area contributed by atoms with Gasteiger partial charge in [-0.1, -0.05) is 70.5 Å². The fraction of sp³-hybridized carbons (Fsp3) is 0.0455. The number of amides is 1. The van der Waals surface area contributed by atoms with Crippen molar-refractivity contribution in [1.29, 1.82) is 0 Å². The van der Waals surface area contributed by atoms with Gasteiger partial charge in [0.15, 0.2) is 0 Å². The van der Waals surface area contributed by atoms with Gasteiger partial charge in [-0.05, 0) is 24.3 Å². The van der Waals surface area contributed by atoms with Gasteiger partial charge < -0.3 is 5.32 Å². The van der Waals surface area contributed by atoms with Crippen LogP contribution in [0, 0.1) is 0 Å². The molecule has 0 saturated heterocycles. The molecule has 0 fully saturated rings. The molecule has 28 heavy (non-hydrogen) atoms. The molecule has 3 aromatic carbocycles. The number of carbonyl (C=O) groups excluding carboxylic acids is 1. The molecule has 0 aliphatic heterocycles. The SMILES string of the molecule is O=C(Cn1c(=O)nc(-c2ccccc2)c2ccccc21)Nc1cccc(Br)c1. The summed E-state index contributed by atoms with van der Waals surface area (Å²) < 4.78 is 2.26. The average molecular weight is 434 g/mol. The van der Waals surface area contributed by atoms with Crippen molar-refractivity contribution in [2.45, 2.75) is 6.54 Å². The van der Waals surface area contributed by atoms with Gasteiger partial charge in [-0.3, -0.25) is 9.36 Å². The number of nitrogens with zero attached hydrogens (tertiary/aromatic N) is 2. The van der Waals surface area contributed by atoms with Crippen LogP contribution in [0.3, 0.4) is 0 Å². The summed E-state index contributed by atoms with van der Waals surface area (Å²) in [5, 5.41) is 3.64. The first kappa shape index (κ1) is 18.1. The smallest absolute Gasteiger partial charge is 0.324 e. The predicted octanol–water partition coefficient (Wildman–Crippen LogP) is 4.46. The third-order valence-corrected chi connectivity index (χ3v) is 4.84. The van der Waals surface area contributed by atoms with E-state index in [1.165, 1.54) is 4.57 Å². The van der Waals surface area contributed by atoms with Gasteiger partial charge in [-0.15, -0.1) is 0 Å². The van der Waals surface area contributed by atoms with Crippen LogP contribution in [-0.4, -0.2) is 15.5 Å². The van der Waals surface area contributed by atoms with E-state index in [4.69, 9.17) is 0 Å². The van der Waals surface area contributed by atoms with E-state index in [1.807, 2.05) is 66.7 Å². The zero-order valence-corrected chi connectivity index (χ0v) is 16.4. The number of para-hydroxylation sites is 1. The van der Waals surface area contributed by atoms with Crippen LogP contribution in [0.25, 0.3) is 22.2 Å². The van der Waals surface area contributed by atoms with Crippen molar-refractivity contribution in [2.75, 3.05) is 5.32 Å². The number of rotatable bonds is 4. The quantitative estimate of drug-likeness (QED) is 0.516. The van der Waals surface area contributed by atoms with Crippen LogP contribution in [0.4, 0.5) is 5.69 Å². The van der Waals surface area contributed by atoms with E-state index in [0.29, 0.717) is 16.9 Å². The summed E-state index contributed by atoms with van der Waals surface area (Å²) in [6.07, 6.45) is 0. The lowest BCUT2D eigenvalue weighted by Gasteiger charge is -2.13. The largest absolute Gasteiger partial charge is 0.349 e. The van der Waals surface area contributed by atoms with E-state index in [2.05, 4.69) is 26.2 Å². The fourth-order valence-electron chi connectivity index (χ4n) is 3.11. The van der Waals surface area contributed by atoms with Crippen molar-refractivity contribution >= 4 is 38.4 Å². The first-order valence-electron chi connectivity index (χ1n) is 8.72. The summed E-state index contributed by atoms with van der Waals surface area (Å²) in [7, 11) is 0. The highest BCUT2D eigenvalue weighted by atomic mass is 79.9. The Bertz CT molecular complexity index is 1220. The number of hydrogen-bond donors (Lipinski definition) is 1. The maximum absolute atomic E-state index is 12.7. The zero-order valence-electron chi connectivity index (χ0n) is 14.8. The molecule has 4 rings (SSSR count). The lowest BCUT2D eigenvalue weighted by atomic mass is 10.1. The second-order valence-corrected chi connectivity index (χ2v) is 7.19.